The molecule has 23 heavy (non-hydrogen) atoms. The predicted octanol–water partition coefficient (Wildman–Crippen LogP) is 6.08. The molecule has 3 heteroatoms. The molecule has 0 aliphatic heterocycles. The van der Waals surface area contributed by atoms with E-state index in [2.05, 4.69) is 55.6 Å². The van der Waals surface area contributed by atoms with Gasteiger partial charge in [0.2, 0.25) is 0 Å². The lowest BCUT2D eigenvalue weighted by Gasteiger charge is -2.36. The highest BCUT2D eigenvalue weighted by Gasteiger charge is 2.33. The van der Waals surface area contributed by atoms with Crippen molar-refractivity contribution in [2.75, 3.05) is 6.54 Å². The summed E-state index contributed by atoms with van der Waals surface area (Å²) in [6.07, 6.45) is 1.98. The van der Waals surface area contributed by atoms with Crippen molar-refractivity contribution in [1.82, 2.24) is 5.32 Å². The summed E-state index contributed by atoms with van der Waals surface area (Å²) in [4.78, 5) is 0. The van der Waals surface area contributed by atoms with Gasteiger partial charge in [-0.05, 0) is 68.1 Å². The van der Waals surface area contributed by atoms with E-state index in [-0.39, 0.29) is 5.54 Å². The van der Waals surface area contributed by atoms with E-state index in [0.29, 0.717) is 6.54 Å². The van der Waals surface area contributed by atoms with Crippen LogP contribution >= 0.6 is 23.2 Å². The van der Waals surface area contributed by atoms with Crippen LogP contribution in [0.2, 0.25) is 10.0 Å². The minimum atomic E-state index is -0.328. The van der Waals surface area contributed by atoms with Gasteiger partial charge in [-0.2, -0.15) is 0 Å². The van der Waals surface area contributed by atoms with Crippen LogP contribution in [0.3, 0.4) is 0 Å². The number of hydrogen-bond acceptors (Lipinski definition) is 1. The van der Waals surface area contributed by atoms with Gasteiger partial charge in [-0.1, -0.05) is 60.8 Å². The molecular formula is C20H24Cl2N. The van der Waals surface area contributed by atoms with Crippen molar-refractivity contribution >= 4 is 23.2 Å². The average Bonchev–Trinajstić information content (AvgIpc) is 2.52. The van der Waals surface area contributed by atoms with E-state index in [1.54, 1.807) is 0 Å². The Morgan fingerprint density at radius 2 is 1.43 bits per heavy atom. The predicted molar refractivity (Wildman–Crippen MR) is 101 cm³/mol. The summed E-state index contributed by atoms with van der Waals surface area (Å²) in [6.45, 7) is 10.9. The Kier molecular flexibility index (Phi) is 6.13. The highest BCUT2D eigenvalue weighted by Crippen LogP contribution is 2.37. The van der Waals surface area contributed by atoms with Crippen LogP contribution in [-0.4, -0.2) is 6.54 Å². The van der Waals surface area contributed by atoms with E-state index in [9.17, 15) is 0 Å². The standard InChI is InChI=1S/C20H24Cl2N/c1-5-11-20(23-6-2,16-9-7-14(3)18(21)12-16)17-10-8-15(4)19(22)13-17/h7-10,12-13,23H,2,5-6,11H2,1,3-4H3. The first-order valence-electron chi connectivity index (χ1n) is 8.02. The van der Waals surface area contributed by atoms with Crippen molar-refractivity contribution < 1.29 is 0 Å². The average molecular weight is 349 g/mol. The Hall–Kier alpha value is -1.02. The second-order valence-electron chi connectivity index (χ2n) is 6.01. The smallest absolute Gasteiger partial charge is 0.0691 e. The molecule has 2 rings (SSSR count). The van der Waals surface area contributed by atoms with Crippen molar-refractivity contribution in [3.8, 4) is 0 Å². The molecule has 0 atom stereocenters. The van der Waals surface area contributed by atoms with E-state index < -0.39 is 0 Å². The number of halogens is 2. The zero-order chi connectivity index (χ0) is 17.0. The van der Waals surface area contributed by atoms with Crippen molar-refractivity contribution in [3.63, 3.8) is 0 Å². The molecule has 0 unspecified atom stereocenters. The van der Waals surface area contributed by atoms with E-state index in [0.717, 1.165) is 45.1 Å². The number of rotatable bonds is 6. The molecule has 0 fully saturated rings. The Morgan fingerprint density at radius 3 is 1.78 bits per heavy atom. The van der Waals surface area contributed by atoms with Crippen LogP contribution < -0.4 is 5.32 Å². The zero-order valence-corrected chi connectivity index (χ0v) is 15.6. The Labute approximate surface area is 150 Å². The van der Waals surface area contributed by atoms with Gasteiger partial charge >= 0.3 is 0 Å². The molecule has 0 saturated carbocycles. The maximum atomic E-state index is 6.39. The summed E-state index contributed by atoms with van der Waals surface area (Å²) in [5.74, 6) is 0. The molecule has 1 N–H and O–H groups in total. The first kappa shape index (κ1) is 18.3. The molecule has 0 amide bonds. The first-order valence-corrected chi connectivity index (χ1v) is 8.77. The lowest BCUT2D eigenvalue weighted by molar-refractivity contribution is 0.384. The molecule has 0 heterocycles. The number of nitrogens with one attached hydrogen (secondary N) is 1. The second-order valence-corrected chi connectivity index (χ2v) is 6.82. The molecule has 0 spiro atoms. The summed E-state index contributed by atoms with van der Waals surface area (Å²) < 4.78 is 0. The fourth-order valence-electron chi connectivity index (χ4n) is 3.05. The number of benzene rings is 2. The lowest BCUT2D eigenvalue weighted by Crippen LogP contribution is -2.43. The van der Waals surface area contributed by atoms with Gasteiger partial charge in [0, 0.05) is 10.0 Å². The summed E-state index contributed by atoms with van der Waals surface area (Å²) in [6, 6.07) is 12.6. The SMILES string of the molecule is [CH2]CNC(CCC)(c1ccc(C)c(Cl)c1)c1ccc(C)c(Cl)c1. The van der Waals surface area contributed by atoms with Crippen molar-refractivity contribution in [2.45, 2.75) is 39.2 Å². The van der Waals surface area contributed by atoms with Crippen LogP contribution in [0.1, 0.15) is 42.0 Å². The van der Waals surface area contributed by atoms with Gasteiger partial charge < -0.3 is 5.32 Å². The minimum absolute atomic E-state index is 0.328. The molecule has 123 valence electrons. The summed E-state index contributed by atoms with van der Waals surface area (Å²) >= 11 is 12.8. The topological polar surface area (TPSA) is 12.0 Å². The molecule has 2 aromatic carbocycles. The molecular weight excluding hydrogens is 325 g/mol. The zero-order valence-electron chi connectivity index (χ0n) is 14.0. The van der Waals surface area contributed by atoms with E-state index in [4.69, 9.17) is 23.2 Å². The van der Waals surface area contributed by atoms with Gasteiger partial charge in [-0.15, -0.1) is 0 Å². The molecule has 0 aliphatic rings. The maximum Gasteiger partial charge on any atom is 0.0691 e. The van der Waals surface area contributed by atoms with Gasteiger partial charge in [0.15, 0.2) is 0 Å². The quantitative estimate of drug-likeness (QED) is 0.667. The monoisotopic (exact) mass is 348 g/mol. The Morgan fingerprint density at radius 1 is 0.957 bits per heavy atom. The lowest BCUT2D eigenvalue weighted by atomic mass is 9.78. The molecule has 1 radical (unpaired) electrons. The highest BCUT2D eigenvalue weighted by atomic mass is 35.5. The minimum Gasteiger partial charge on any atom is -0.304 e. The molecule has 0 bridgehead atoms. The van der Waals surface area contributed by atoms with Crippen LogP contribution in [0.5, 0.6) is 0 Å². The fraction of sp³-hybridized carbons (Fsp3) is 0.350. The van der Waals surface area contributed by atoms with Crippen molar-refractivity contribution in [3.05, 3.63) is 75.6 Å². The van der Waals surface area contributed by atoms with Gasteiger partial charge in [0.1, 0.15) is 0 Å². The number of aryl methyl sites for hydroxylation is 2. The molecule has 2 aromatic rings. The summed E-state index contributed by atoms with van der Waals surface area (Å²) in [5.41, 5.74) is 4.14. The van der Waals surface area contributed by atoms with Crippen molar-refractivity contribution in [2.24, 2.45) is 0 Å². The van der Waals surface area contributed by atoms with Gasteiger partial charge in [0.05, 0.1) is 5.54 Å². The van der Waals surface area contributed by atoms with Crippen LogP contribution in [0.15, 0.2) is 36.4 Å². The Bertz CT molecular complexity index is 620. The highest BCUT2D eigenvalue weighted by molar-refractivity contribution is 6.31. The van der Waals surface area contributed by atoms with Crippen LogP contribution in [-0.2, 0) is 5.54 Å². The second kappa shape index (κ2) is 7.70. The van der Waals surface area contributed by atoms with Crippen molar-refractivity contribution in [1.29, 1.82) is 0 Å². The third-order valence-electron chi connectivity index (χ3n) is 4.38. The van der Waals surface area contributed by atoms with Gasteiger partial charge in [0.25, 0.3) is 0 Å². The fourth-order valence-corrected chi connectivity index (χ4v) is 3.41. The van der Waals surface area contributed by atoms with E-state index in [1.807, 2.05) is 13.8 Å². The third kappa shape index (κ3) is 3.74. The molecule has 0 saturated heterocycles. The van der Waals surface area contributed by atoms with E-state index >= 15 is 0 Å². The molecule has 1 nitrogen and oxygen atoms in total. The third-order valence-corrected chi connectivity index (χ3v) is 5.20. The van der Waals surface area contributed by atoms with Gasteiger partial charge in [-0.25, -0.2) is 0 Å². The number of hydrogen-bond donors (Lipinski definition) is 1. The van der Waals surface area contributed by atoms with E-state index in [1.165, 1.54) is 0 Å². The first-order chi connectivity index (χ1) is 10.9. The summed E-state index contributed by atoms with van der Waals surface area (Å²) in [5, 5.41) is 5.16. The maximum absolute atomic E-state index is 6.39. The van der Waals surface area contributed by atoms with Crippen LogP contribution in [0.4, 0.5) is 0 Å². The largest absolute Gasteiger partial charge is 0.304 e. The van der Waals surface area contributed by atoms with Crippen LogP contribution in [0.25, 0.3) is 0 Å². The normalized spacial score (nSPS) is 11.7. The Balaban J connectivity index is 2.66. The van der Waals surface area contributed by atoms with Crippen LogP contribution in [0, 0.1) is 20.8 Å². The molecule has 0 aromatic heterocycles. The summed E-state index contributed by atoms with van der Waals surface area (Å²) in [7, 11) is 0. The van der Waals surface area contributed by atoms with Gasteiger partial charge in [-0.3, -0.25) is 0 Å². The molecule has 0 aliphatic carbocycles.